The Morgan fingerprint density at radius 3 is 2.73 bits per heavy atom. The van der Waals surface area contributed by atoms with Gasteiger partial charge in [0.1, 0.15) is 6.61 Å². The van der Waals surface area contributed by atoms with E-state index in [0.29, 0.717) is 17.1 Å². The molecule has 0 atom stereocenters. The highest BCUT2D eigenvalue weighted by Gasteiger charge is 2.18. The van der Waals surface area contributed by atoms with Crippen LogP contribution in [0.15, 0.2) is 18.2 Å². The van der Waals surface area contributed by atoms with Gasteiger partial charge in [-0.3, -0.25) is 20.4 Å². The summed E-state index contributed by atoms with van der Waals surface area (Å²) in [5.41, 5.74) is 5.06. The van der Waals surface area contributed by atoms with Gasteiger partial charge in [-0.15, -0.1) is 0 Å². The molecule has 1 aromatic rings. The number of hydrazine groups is 1. The lowest BCUT2D eigenvalue weighted by Gasteiger charge is -2.11. The molecule has 22 heavy (non-hydrogen) atoms. The molecule has 2 N–H and O–H groups in total. The van der Waals surface area contributed by atoms with Gasteiger partial charge in [-0.25, -0.2) is 0 Å². The van der Waals surface area contributed by atoms with Crippen LogP contribution < -0.4 is 20.3 Å². The second-order valence-electron chi connectivity index (χ2n) is 5.29. The van der Waals surface area contributed by atoms with Crippen LogP contribution in [0.1, 0.15) is 36.0 Å². The van der Waals surface area contributed by atoms with Gasteiger partial charge in [0, 0.05) is 5.56 Å². The highest BCUT2D eigenvalue weighted by atomic mass is 16.7. The predicted octanol–water partition coefficient (Wildman–Crippen LogP) is 1.14. The van der Waals surface area contributed by atoms with Crippen LogP contribution in [0.2, 0.25) is 0 Å². The summed E-state index contributed by atoms with van der Waals surface area (Å²) in [6.45, 7) is 0.0989. The van der Waals surface area contributed by atoms with E-state index in [1.54, 1.807) is 18.2 Å². The maximum Gasteiger partial charge on any atom is 0.269 e. The molecule has 3 rings (SSSR count). The topological polar surface area (TPSA) is 85.9 Å². The molecule has 7 heteroatoms. The maximum absolute atomic E-state index is 11.9. The van der Waals surface area contributed by atoms with E-state index >= 15 is 0 Å². The quantitative estimate of drug-likeness (QED) is 0.815. The molecule has 2 aliphatic rings. The highest BCUT2D eigenvalue weighted by Crippen LogP contribution is 2.32. The van der Waals surface area contributed by atoms with Crippen LogP contribution in [0.4, 0.5) is 0 Å². The first kappa shape index (κ1) is 14.6. The minimum atomic E-state index is -0.424. The van der Waals surface area contributed by atoms with Crippen LogP contribution in [0, 0.1) is 0 Å². The molecule has 0 aromatic heterocycles. The number of rotatable bonds is 4. The molecule has 0 unspecified atom stereocenters. The molecule has 1 aliphatic carbocycles. The summed E-state index contributed by atoms with van der Waals surface area (Å²) in [4.78, 5) is 23.6. The third kappa shape index (κ3) is 3.48. The predicted molar refractivity (Wildman–Crippen MR) is 76.4 cm³/mol. The van der Waals surface area contributed by atoms with Gasteiger partial charge in [-0.2, -0.15) is 0 Å². The molecule has 1 heterocycles. The molecule has 0 radical (unpaired) electrons. The van der Waals surface area contributed by atoms with Crippen LogP contribution >= 0.6 is 0 Å². The van der Waals surface area contributed by atoms with E-state index in [9.17, 15) is 9.59 Å². The number of hydrogen-bond acceptors (Lipinski definition) is 5. The number of carbonyl (C=O) groups excluding carboxylic acids is 2. The first-order chi connectivity index (χ1) is 10.7. The normalized spacial score (nSPS) is 16.5. The molecular weight excluding hydrogens is 288 g/mol. The highest BCUT2D eigenvalue weighted by molar-refractivity contribution is 5.96. The van der Waals surface area contributed by atoms with Crippen molar-refractivity contribution in [3.05, 3.63) is 23.8 Å². The van der Waals surface area contributed by atoms with Crippen molar-refractivity contribution in [1.29, 1.82) is 0 Å². The lowest BCUT2D eigenvalue weighted by atomic mass is 10.2. The minimum Gasteiger partial charge on any atom is -0.454 e. The fraction of sp³-hybridized carbons (Fsp3) is 0.467. The number of ether oxygens (including phenoxy) is 3. The third-order valence-corrected chi connectivity index (χ3v) is 3.70. The summed E-state index contributed by atoms with van der Waals surface area (Å²) in [5, 5.41) is 0. The number of amides is 2. The van der Waals surface area contributed by atoms with Gasteiger partial charge >= 0.3 is 0 Å². The SMILES string of the molecule is O=C(COC1CCCC1)NNC(=O)c1ccc2c(c1)OCO2. The van der Waals surface area contributed by atoms with Crippen molar-refractivity contribution in [2.75, 3.05) is 13.4 Å². The summed E-state index contributed by atoms with van der Waals surface area (Å²) >= 11 is 0. The Hall–Kier alpha value is -2.28. The van der Waals surface area contributed by atoms with Gasteiger partial charge in [-0.1, -0.05) is 12.8 Å². The Morgan fingerprint density at radius 1 is 1.14 bits per heavy atom. The van der Waals surface area contributed by atoms with Crippen molar-refractivity contribution in [3.63, 3.8) is 0 Å². The van der Waals surface area contributed by atoms with Gasteiger partial charge in [0.25, 0.3) is 11.8 Å². The van der Waals surface area contributed by atoms with Crippen LogP contribution in [-0.2, 0) is 9.53 Å². The van der Waals surface area contributed by atoms with E-state index < -0.39 is 5.91 Å². The average molecular weight is 306 g/mol. The Morgan fingerprint density at radius 2 is 1.91 bits per heavy atom. The number of hydrogen-bond donors (Lipinski definition) is 2. The first-order valence-electron chi connectivity index (χ1n) is 7.33. The van der Waals surface area contributed by atoms with Crippen molar-refractivity contribution < 1.29 is 23.8 Å². The van der Waals surface area contributed by atoms with Gasteiger partial charge in [0.15, 0.2) is 11.5 Å². The molecule has 1 fully saturated rings. The van der Waals surface area contributed by atoms with E-state index in [4.69, 9.17) is 14.2 Å². The number of carbonyl (C=O) groups is 2. The smallest absolute Gasteiger partial charge is 0.269 e. The minimum absolute atomic E-state index is 0.0495. The third-order valence-electron chi connectivity index (χ3n) is 3.70. The molecule has 1 aliphatic heterocycles. The van der Waals surface area contributed by atoms with Gasteiger partial charge in [-0.05, 0) is 31.0 Å². The Balaban J connectivity index is 1.44. The van der Waals surface area contributed by atoms with E-state index in [1.165, 1.54) is 0 Å². The number of fused-ring (bicyclic) bond motifs is 1. The van der Waals surface area contributed by atoms with Crippen molar-refractivity contribution in [2.24, 2.45) is 0 Å². The molecule has 2 amide bonds. The fourth-order valence-electron chi connectivity index (χ4n) is 2.52. The van der Waals surface area contributed by atoms with Crippen LogP contribution in [0.25, 0.3) is 0 Å². The van der Waals surface area contributed by atoms with Gasteiger partial charge in [0.05, 0.1) is 6.10 Å². The molecule has 1 aromatic carbocycles. The monoisotopic (exact) mass is 306 g/mol. The molecule has 118 valence electrons. The largest absolute Gasteiger partial charge is 0.454 e. The van der Waals surface area contributed by atoms with Crippen LogP contribution in [0.5, 0.6) is 11.5 Å². The van der Waals surface area contributed by atoms with E-state index in [-0.39, 0.29) is 25.4 Å². The zero-order valence-electron chi connectivity index (χ0n) is 12.1. The molecular formula is C15H18N2O5. The Kier molecular flexibility index (Phi) is 4.43. The van der Waals surface area contributed by atoms with E-state index in [1.807, 2.05) is 0 Å². The Labute approximate surface area is 127 Å². The van der Waals surface area contributed by atoms with Crippen LogP contribution in [0.3, 0.4) is 0 Å². The fourth-order valence-corrected chi connectivity index (χ4v) is 2.52. The molecule has 7 nitrogen and oxygen atoms in total. The van der Waals surface area contributed by atoms with Gasteiger partial charge in [0.2, 0.25) is 6.79 Å². The average Bonchev–Trinajstić information content (AvgIpc) is 3.20. The Bertz CT molecular complexity index is 569. The summed E-state index contributed by atoms with van der Waals surface area (Å²) in [6.07, 6.45) is 4.45. The van der Waals surface area contributed by atoms with Crippen molar-refractivity contribution in [1.82, 2.24) is 10.9 Å². The van der Waals surface area contributed by atoms with E-state index in [2.05, 4.69) is 10.9 Å². The standard InChI is InChI=1S/C15H18N2O5/c18-14(8-20-11-3-1-2-4-11)16-17-15(19)10-5-6-12-13(7-10)22-9-21-12/h5-7,11H,1-4,8-9H2,(H,16,18)(H,17,19). The zero-order valence-corrected chi connectivity index (χ0v) is 12.1. The van der Waals surface area contributed by atoms with Crippen LogP contribution in [-0.4, -0.2) is 31.3 Å². The van der Waals surface area contributed by atoms with Crippen molar-refractivity contribution in [3.8, 4) is 11.5 Å². The summed E-state index contributed by atoms with van der Waals surface area (Å²) in [5.74, 6) is 0.322. The van der Waals surface area contributed by atoms with Gasteiger partial charge < -0.3 is 14.2 Å². The molecule has 0 saturated heterocycles. The second-order valence-corrected chi connectivity index (χ2v) is 5.29. The van der Waals surface area contributed by atoms with Crippen molar-refractivity contribution in [2.45, 2.75) is 31.8 Å². The lowest BCUT2D eigenvalue weighted by molar-refractivity contribution is -0.128. The number of nitrogens with one attached hydrogen (secondary N) is 2. The molecule has 1 saturated carbocycles. The zero-order chi connectivity index (χ0) is 15.4. The first-order valence-corrected chi connectivity index (χ1v) is 7.33. The second kappa shape index (κ2) is 6.65. The van der Waals surface area contributed by atoms with Crippen molar-refractivity contribution >= 4 is 11.8 Å². The summed E-state index contributed by atoms with van der Waals surface area (Å²) < 4.78 is 15.8. The van der Waals surface area contributed by atoms with E-state index in [0.717, 1.165) is 25.7 Å². The molecule has 0 spiro atoms. The molecule has 0 bridgehead atoms. The lowest BCUT2D eigenvalue weighted by Crippen LogP contribution is -2.43. The number of benzene rings is 1. The summed E-state index contributed by atoms with van der Waals surface area (Å²) in [6, 6.07) is 4.82. The summed E-state index contributed by atoms with van der Waals surface area (Å²) in [7, 11) is 0. The maximum atomic E-state index is 11.9.